The van der Waals surface area contributed by atoms with Crippen molar-refractivity contribution in [1.82, 2.24) is 9.97 Å². The molecule has 0 saturated carbocycles. The van der Waals surface area contributed by atoms with Gasteiger partial charge >= 0.3 is 6.18 Å². The molecular formula is C9H12F3N3O. The molecule has 0 fully saturated rings. The van der Waals surface area contributed by atoms with Crippen molar-refractivity contribution in [3.05, 3.63) is 12.3 Å². The molecule has 0 bridgehead atoms. The van der Waals surface area contributed by atoms with Crippen LogP contribution in [0, 0.1) is 0 Å². The lowest BCUT2D eigenvalue weighted by atomic mass is 10.3. The van der Waals surface area contributed by atoms with E-state index in [1.807, 2.05) is 0 Å². The number of nitrogens with one attached hydrogen (secondary N) is 1. The maximum atomic E-state index is 11.8. The molecule has 1 aromatic rings. The highest BCUT2D eigenvalue weighted by molar-refractivity contribution is 5.26. The standard InChI is InChI=1S/C9H12F3N3O/c1-16-7-3-6-14-8(15-7)13-5-2-4-9(10,11)12/h3,6H,2,4-5H2,1H3,(H,13,14,15). The van der Waals surface area contributed by atoms with Crippen molar-refractivity contribution in [2.75, 3.05) is 19.0 Å². The fourth-order valence-electron chi connectivity index (χ4n) is 1.03. The van der Waals surface area contributed by atoms with Crippen molar-refractivity contribution >= 4 is 5.95 Å². The molecule has 0 radical (unpaired) electrons. The SMILES string of the molecule is COc1ccnc(NCCCC(F)(F)F)n1. The van der Waals surface area contributed by atoms with Gasteiger partial charge in [-0.15, -0.1) is 0 Å². The highest BCUT2D eigenvalue weighted by atomic mass is 19.4. The summed E-state index contributed by atoms with van der Waals surface area (Å²) in [6.07, 6.45) is -3.47. The van der Waals surface area contributed by atoms with Crippen LogP contribution >= 0.6 is 0 Å². The third-order valence-electron chi connectivity index (χ3n) is 1.76. The first-order chi connectivity index (χ1) is 7.51. The Morgan fingerprint density at radius 1 is 1.44 bits per heavy atom. The summed E-state index contributed by atoms with van der Waals surface area (Å²) in [5.41, 5.74) is 0. The molecule has 0 amide bonds. The number of hydrogen-bond acceptors (Lipinski definition) is 4. The Kier molecular flexibility index (Phi) is 4.33. The maximum Gasteiger partial charge on any atom is 0.389 e. The lowest BCUT2D eigenvalue weighted by Gasteiger charge is -2.07. The molecule has 1 rings (SSSR count). The van der Waals surface area contributed by atoms with E-state index in [0.717, 1.165) is 0 Å². The van der Waals surface area contributed by atoms with E-state index >= 15 is 0 Å². The molecule has 1 heterocycles. The summed E-state index contributed by atoms with van der Waals surface area (Å²) in [7, 11) is 1.45. The Morgan fingerprint density at radius 2 is 2.19 bits per heavy atom. The number of aromatic nitrogens is 2. The molecule has 7 heteroatoms. The number of anilines is 1. The first-order valence-corrected chi connectivity index (χ1v) is 4.69. The summed E-state index contributed by atoms with van der Waals surface area (Å²) in [5.74, 6) is 0.634. The lowest BCUT2D eigenvalue weighted by molar-refractivity contribution is -0.134. The molecule has 1 N–H and O–H groups in total. The van der Waals surface area contributed by atoms with Crippen molar-refractivity contribution in [1.29, 1.82) is 0 Å². The van der Waals surface area contributed by atoms with Crippen LogP contribution in [0.25, 0.3) is 0 Å². The molecular weight excluding hydrogens is 223 g/mol. The number of hydrogen-bond donors (Lipinski definition) is 1. The second kappa shape index (κ2) is 5.53. The average molecular weight is 235 g/mol. The number of rotatable bonds is 5. The predicted octanol–water partition coefficient (Wildman–Crippen LogP) is 2.24. The van der Waals surface area contributed by atoms with E-state index in [2.05, 4.69) is 15.3 Å². The lowest BCUT2D eigenvalue weighted by Crippen LogP contribution is -2.12. The minimum absolute atomic E-state index is 0.00985. The summed E-state index contributed by atoms with van der Waals surface area (Å²) in [6, 6.07) is 1.56. The molecule has 0 saturated heterocycles. The van der Waals surface area contributed by atoms with E-state index in [1.165, 1.54) is 13.3 Å². The normalized spacial score (nSPS) is 11.2. The fraction of sp³-hybridized carbons (Fsp3) is 0.556. The molecule has 90 valence electrons. The van der Waals surface area contributed by atoms with Gasteiger partial charge in [-0.05, 0) is 6.42 Å². The first kappa shape index (κ1) is 12.5. The van der Waals surface area contributed by atoms with Crippen molar-refractivity contribution in [2.45, 2.75) is 19.0 Å². The predicted molar refractivity (Wildman–Crippen MR) is 52.4 cm³/mol. The minimum Gasteiger partial charge on any atom is -0.481 e. The van der Waals surface area contributed by atoms with E-state index in [-0.39, 0.29) is 18.9 Å². The monoisotopic (exact) mass is 235 g/mol. The Bertz CT molecular complexity index is 330. The van der Waals surface area contributed by atoms with Crippen molar-refractivity contribution in [2.24, 2.45) is 0 Å². The molecule has 16 heavy (non-hydrogen) atoms. The maximum absolute atomic E-state index is 11.8. The van der Waals surface area contributed by atoms with Crippen LogP contribution in [0.15, 0.2) is 12.3 Å². The van der Waals surface area contributed by atoms with E-state index in [0.29, 0.717) is 5.88 Å². The first-order valence-electron chi connectivity index (χ1n) is 4.69. The number of ether oxygens (including phenoxy) is 1. The van der Waals surface area contributed by atoms with Gasteiger partial charge in [0.2, 0.25) is 11.8 Å². The summed E-state index contributed by atoms with van der Waals surface area (Å²) < 4.78 is 40.3. The van der Waals surface area contributed by atoms with Crippen molar-refractivity contribution in [3.8, 4) is 5.88 Å². The van der Waals surface area contributed by atoms with Crippen LogP contribution in [0.3, 0.4) is 0 Å². The molecule has 4 nitrogen and oxygen atoms in total. The van der Waals surface area contributed by atoms with E-state index in [4.69, 9.17) is 4.74 Å². The second-order valence-corrected chi connectivity index (χ2v) is 3.07. The average Bonchev–Trinajstić information content (AvgIpc) is 2.23. The second-order valence-electron chi connectivity index (χ2n) is 3.07. The van der Waals surface area contributed by atoms with Gasteiger partial charge in [0.05, 0.1) is 7.11 Å². The molecule has 0 aliphatic carbocycles. The smallest absolute Gasteiger partial charge is 0.389 e. The zero-order chi connectivity index (χ0) is 12.0. The van der Waals surface area contributed by atoms with Gasteiger partial charge in [0.25, 0.3) is 0 Å². The third kappa shape index (κ3) is 4.81. The molecule has 0 aliphatic rings. The largest absolute Gasteiger partial charge is 0.481 e. The molecule has 0 aliphatic heterocycles. The number of halogens is 3. The summed E-state index contributed by atoms with van der Waals surface area (Å²) in [6.45, 7) is 0.173. The van der Waals surface area contributed by atoms with Gasteiger partial charge in [0, 0.05) is 25.2 Å². The molecule has 0 aromatic carbocycles. The molecule has 0 atom stereocenters. The quantitative estimate of drug-likeness (QED) is 0.795. The van der Waals surface area contributed by atoms with Gasteiger partial charge in [-0.25, -0.2) is 4.98 Å². The Hall–Kier alpha value is -1.53. The van der Waals surface area contributed by atoms with Gasteiger partial charge in [0.1, 0.15) is 0 Å². The summed E-state index contributed by atoms with van der Waals surface area (Å²) in [5, 5.41) is 2.69. The Morgan fingerprint density at radius 3 is 2.81 bits per heavy atom. The molecule has 0 spiro atoms. The molecule has 0 unspecified atom stereocenters. The third-order valence-corrected chi connectivity index (χ3v) is 1.76. The highest BCUT2D eigenvalue weighted by Crippen LogP contribution is 2.21. The van der Waals surface area contributed by atoms with E-state index in [1.54, 1.807) is 6.07 Å². The summed E-state index contributed by atoms with van der Waals surface area (Å²) >= 11 is 0. The number of nitrogens with zero attached hydrogens (tertiary/aromatic N) is 2. The van der Waals surface area contributed by atoms with Gasteiger partial charge in [0.15, 0.2) is 0 Å². The Labute approximate surface area is 90.9 Å². The van der Waals surface area contributed by atoms with E-state index < -0.39 is 12.6 Å². The fourth-order valence-corrected chi connectivity index (χ4v) is 1.03. The van der Waals surface area contributed by atoms with Crippen molar-refractivity contribution < 1.29 is 17.9 Å². The van der Waals surface area contributed by atoms with E-state index in [9.17, 15) is 13.2 Å². The Balaban J connectivity index is 2.32. The van der Waals surface area contributed by atoms with Crippen LogP contribution in [-0.4, -0.2) is 29.8 Å². The topological polar surface area (TPSA) is 47.0 Å². The minimum atomic E-state index is -4.11. The van der Waals surface area contributed by atoms with Crippen LogP contribution in [-0.2, 0) is 0 Å². The van der Waals surface area contributed by atoms with Gasteiger partial charge in [-0.1, -0.05) is 0 Å². The van der Waals surface area contributed by atoms with Crippen LogP contribution in [0.4, 0.5) is 19.1 Å². The van der Waals surface area contributed by atoms with Crippen molar-refractivity contribution in [3.63, 3.8) is 0 Å². The molecule has 1 aromatic heterocycles. The van der Waals surface area contributed by atoms with Gasteiger partial charge in [-0.2, -0.15) is 18.2 Å². The highest BCUT2D eigenvalue weighted by Gasteiger charge is 2.25. The number of methoxy groups -OCH3 is 1. The number of alkyl halides is 3. The van der Waals surface area contributed by atoms with Crippen LogP contribution in [0.5, 0.6) is 5.88 Å². The van der Waals surface area contributed by atoms with Crippen LogP contribution < -0.4 is 10.1 Å². The van der Waals surface area contributed by atoms with Gasteiger partial charge in [-0.3, -0.25) is 0 Å². The summed E-state index contributed by atoms with van der Waals surface area (Å²) in [4.78, 5) is 7.74. The van der Waals surface area contributed by atoms with Gasteiger partial charge < -0.3 is 10.1 Å². The van der Waals surface area contributed by atoms with Crippen LogP contribution in [0.1, 0.15) is 12.8 Å². The zero-order valence-corrected chi connectivity index (χ0v) is 8.71. The van der Waals surface area contributed by atoms with Crippen LogP contribution in [0.2, 0.25) is 0 Å². The zero-order valence-electron chi connectivity index (χ0n) is 8.71.